The van der Waals surface area contributed by atoms with Crippen LogP contribution in [0.15, 0.2) is 0 Å². The minimum atomic E-state index is -3.35. The van der Waals surface area contributed by atoms with Crippen LogP contribution in [0.25, 0.3) is 0 Å². The Labute approximate surface area is 124 Å². The van der Waals surface area contributed by atoms with E-state index in [1.807, 2.05) is 13.8 Å². The van der Waals surface area contributed by atoms with Crippen LogP contribution in [-0.4, -0.2) is 81.9 Å². The van der Waals surface area contributed by atoms with Crippen LogP contribution in [0.1, 0.15) is 20.8 Å². The zero-order valence-electron chi connectivity index (χ0n) is 13.5. The molecule has 0 amide bonds. The summed E-state index contributed by atoms with van der Waals surface area (Å²) in [7, 11) is 0.397. The van der Waals surface area contributed by atoms with Crippen molar-refractivity contribution >= 4 is 10.2 Å². The summed E-state index contributed by atoms with van der Waals surface area (Å²) in [6.07, 6.45) is 0. The Morgan fingerprint density at radius 1 is 1.15 bits per heavy atom. The summed E-state index contributed by atoms with van der Waals surface area (Å²) in [4.78, 5) is 4.73. The first-order chi connectivity index (χ1) is 9.22. The van der Waals surface area contributed by atoms with Crippen LogP contribution in [0.4, 0.5) is 0 Å². The highest BCUT2D eigenvalue weighted by Crippen LogP contribution is 2.06. The molecule has 1 saturated heterocycles. The fourth-order valence-electron chi connectivity index (χ4n) is 2.16. The molecule has 1 heterocycles. The van der Waals surface area contributed by atoms with E-state index < -0.39 is 10.2 Å². The number of piperazine rings is 1. The van der Waals surface area contributed by atoms with E-state index in [1.54, 1.807) is 7.05 Å². The van der Waals surface area contributed by atoms with Gasteiger partial charge in [-0.3, -0.25) is 0 Å². The molecule has 1 fully saturated rings. The average Bonchev–Trinajstić information content (AvgIpc) is 2.38. The van der Waals surface area contributed by atoms with Gasteiger partial charge >= 0.3 is 0 Å². The van der Waals surface area contributed by atoms with Gasteiger partial charge in [0.25, 0.3) is 10.2 Å². The fraction of sp³-hybridized carbons (Fsp3) is 1.00. The second-order valence-corrected chi connectivity index (χ2v) is 7.99. The van der Waals surface area contributed by atoms with E-state index in [0.717, 1.165) is 32.7 Å². The van der Waals surface area contributed by atoms with Crippen molar-refractivity contribution in [3.8, 4) is 0 Å². The van der Waals surface area contributed by atoms with Crippen molar-refractivity contribution in [3.05, 3.63) is 0 Å². The van der Waals surface area contributed by atoms with Gasteiger partial charge in [-0.2, -0.15) is 12.7 Å². The Balaban J connectivity index is 2.34. The van der Waals surface area contributed by atoms with Gasteiger partial charge in [0.2, 0.25) is 0 Å². The van der Waals surface area contributed by atoms with Crippen LogP contribution in [0.2, 0.25) is 0 Å². The molecule has 1 unspecified atom stereocenters. The van der Waals surface area contributed by atoms with Gasteiger partial charge in [-0.1, -0.05) is 6.92 Å². The van der Waals surface area contributed by atoms with E-state index in [0.29, 0.717) is 12.5 Å². The quantitative estimate of drug-likeness (QED) is 0.722. The predicted octanol–water partition coefficient (Wildman–Crippen LogP) is 0.0445. The van der Waals surface area contributed by atoms with Gasteiger partial charge in [-0.05, 0) is 26.8 Å². The monoisotopic (exact) mass is 306 g/mol. The standard InChI is InChI=1S/C13H30N4O2S/c1-12(2)16(5)20(18,19)14-10-13(3)11-17-8-6-15(4)7-9-17/h12-14H,6-11H2,1-5H3. The predicted molar refractivity (Wildman–Crippen MR) is 82.9 cm³/mol. The van der Waals surface area contributed by atoms with Crippen molar-refractivity contribution < 1.29 is 8.42 Å². The summed E-state index contributed by atoms with van der Waals surface area (Å²) < 4.78 is 28.1. The lowest BCUT2D eigenvalue weighted by Crippen LogP contribution is -2.48. The molecule has 6 nitrogen and oxygen atoms in total. The van der Waals surface area contributed by atoms with Crippen molar-refractivity contribution in [2.45, 2.75) is 26.8 Å². The number of nitrogens with one attached hydrogen (secondary N) is 1. The van der Waals surface area contributed by atoms with E-state index in [2.05, 4.69) is 28.5 Å². The van der Waals surface area contributed by atoms with Crippen molar-refractivity contribution in [3.63, 3.8) is 0 Å². The number of nitrogens with zero attached hydrogens (tertiary/aromatic N) is 3. The molecule has 120 valence electrons. The SMILES string of the molecule is CC(CNS(=O)(=O)N(C)C(C)C)CN1CCN(C)CC1. The number of likely N-dealkylation sites (N-methyl/N-ethyl adjacent to an activating group) is 1. The lowest BCUT2D eigenvalue weighted by atomic mass is 10.1. The molecule has 1 rings (SSSR count). The molecular formula is C13H30N4O2S. The normalized spacial score (nSPS) is 20.8. The number of hydrogen-bond acceptors (Lipinski definition) is 4. The van der Waals surface area contributed by atoms with Crippen molar-refractivity contribution in [2.75, 3.05) is 53.4 Å². The van der Waals surface area contributed by atoms with E-state index in [1.165, 1.54) is 4.31 Å². The molecule has 20 heavy (non-hydrogen) atoms. The number of hydrogen-bond donors (Lipinski definition) is 1. The van der Waals surface area contributed by atoms with Crippen molar-refractivity contribution in [1.29, 1.82) is 0 Å². The van der Waals surface area contributed by atoms with Gasteiger partial charge in [-0.15, -0.1) is 0 Å². The third kappa shape index (κ3) is 5.65. The maximum atomic E-state index is 12.0. The van der Waals surface area contributed by atoms with Gasteiger partial charge in [0.05, 0.1) is 0 Å². The zero-order valence-corrected chi connectivity index (χ0v) is 14.3. The third-order valence-corrected chi connectivity index (χ3v) is 5.60. The van der Waals surface area contributed by atoms with Gasteiger partial charge in [-0.25, -0.2) is 4.72 Å². The maximum Gasteiger partial charge on any atom is 0.279 e. The molecule has 1 aliphatic heterocycles. The molecule has 1 aliphatic rings. The Morgan fingerprint density at radius 2 is 1.70 bits per heavy atom. The molecule has 0 aliphatic carbocycles. The Hall–Kier alpha value is -0.210. The van der Waals surface area contributed by atoms with E-state index in [9.17, 15) is 8.42 Å². The second-order valence-electron chi connectivity index (χ2n) is 6.17. The van der Waals surface area contributed by atoms with Crippen LogP contribution in [0.3, 0.4) is 0 Å². The molecule has 0 aromatic carbocycles. The highest BCUT2D eigenvalue weighted by molar-refractivity contribution is 7.87. The summed E-state index contributed by atoms with van der Waals surface area (Å²) in [5.74, 6) is 0.314. The Bertz CT molecular complexity index is 378. The molecule has 0 aromatic rings. The van der Waals surface area contributed by atoms with Gasteiger partial charge in [0.15, 0.2) is 0 Å². The van der Waals surface area contributed by atoms with Crippen molar-refractivity contribution in [1.82, 2.24) is 18.8 Å². The van der Waals surface area contributed by atoms with E-state index in [-0.39, 0.29) is 6.04 Å². The van der Waals surface area contributed by atoms with E-state index >= 15 is 0 Å². The summed E-state index contributed by atoms with van der Waals surface area (Å²) >= 11 is 0. The molecule has 7 heteroatoms. The minimum Gasteiger partial charge on any atom is -0.304 e. The Kier molecular flexibility index (Phi) is 6.87. The van der Waals surface area contributed by atoms with Crippen LogP contribution in [-0.2, 0) is 10.2 Å². The highest BCUT2D eigenvalue weighted by atomic mass is 32.2. The van der Waals surface area contributed by atoms with Gasteiger partial charge in [0, 0.05) is 52.4 Å². The van der Waals surface area contributed by atoms with Crippen molar-refractivity contribution in [2.24, 2.45) is 5.92 Å². The second kappa shape index (κ2) is 7.70. The summed E-state index contributed by atoms with van der Waals surface area (Å²) in [6.45, 7) is 11.6. The molecular weight excluding hydrogens is 276 g/mol. The van der Waals surface area contributed by atoms with E-state index in [4.69, 9.17) is 0 Å². The largest absolute Gasteiger partial charge is 0.304 e. The number of rotatable bonds is 7. The third-order valence-electron chi connectivity index (χ3n) is 3.89. The smallest absolute Gasteiger partial charge is 0.279 e. The molecule has 1 N–H and O–H groups in total. The lowest BCUT2D eigenvalue weighted by Gasteiger charge is -2.34. The maximum absolute atomic E-state index is 12.0. The van der Waals surface area contributed by atoms with Crippen LogP contribution in [0.5, 0.6) is 0 Å². The first-order valence-electron chi connectivity index (χ1n) is 7.36. The van der Waals surface area contributed by atoms with Crippen LogP contribution < -0.4 is 4.72 Å². The molecule has 0 spiro atoms. The minimum absolute atomic E-state index is 0.0274. The average molecular weight is 306 g/mol. The first kappa shape index (κ1) is 17.8. The molecule has 0 aromatic heterocycles. The Morgan fingerprint density at radius 3 is 2.20 bits per heavy atom. The van der Waals surface area contributed by atoms with Crippen LogP contribution in [0, 0.1) is 5.92 Å². The zero-order chi connectivity index (χ0) is 15.3. The van der Waals surface area contributed by atoms with Gasteiger partial charge in [0.1, 0.15) is 0 Å². The van der Waals surface area contributed by atoms with Crippen LogP contribution >= 0.6 is 0 Å². The first-order valence-corrected chi connectivity index (χ1v) is 8.80. The highest BCUT2D eigenvalue weighted by Gasteiger charge is 2.22. The molecule has 0 bridgehead atoms. The molecule has 1 atom stereocenters. The van der Waals surface area contributed by atoms with Gasteiger partial charge < -0.3 is 9.80 Å². The summed E-state index contributed by atoms with van der Waals surface area (Å²) in [5.41, 5.74) is 0. The topological polar surface area (TPSA) is 55.9 Å². The fourth-order valence-corrected chi connectivity index (χ4v) is 3.42. The lowest BCUT2D eigenvalue weighted by molar-refractivity contribution is 0.139. The summed E-state index contributed by atoms with van der Waals surface area (Å²) in [6, 6.07) is -0.0274. The summed E-state index contributed by atoms with van der Waals surface area (Å²) in [5, 5.41) is 0. The molecule has 0 saturated carbocycles. The molecule has 0 radical (unpaired) electrons.